The van der Waals surface area contributed by atoms with Crippen molar-refractivity contribution in [2.24, 2.45) is 0 Å². The second-order valence-corrected chi connectivity index (χ2v) is 6.05. The molecule has 5 heteroatoms. The standard InChI is InChI=1S/C13H11BrFNOS/c1-8-2-4-10(18-8)7-16-13(17)9-3-5-11(14)12(15)6-9/h2-6H,7H2,1H3,(H,16,17). The van der Waals surface area contributed by atoms with E-state index < -0.39 is 5.82 Å². The normalized spacial score (nSPS) is 10.4. The summed E-state index contributed by atoms with van der Waals surface area (Å²) in [7, 11) is 0. The maximum Gasteiger partial charge on any atom is 0.251 e. The number of thiophene rings is 1. The van der Waals surface area contributed by atoms with Crippen molar-refractivity contribution in [1.82, 2.24) is 5.32 Å². The van der Waals surface area contributed by atoms with Gasteiger partial charge in [-0.3, -0.25) is 4.79 Å². The van der Waals surface area contributed by atoms with Gasteiger partial charge in [0.1, 0.15) is 5.82 Å². The van der Waals surface area contributed by atoms with Gasteiger partial charge in [0.2, 0.25) is 0 Å². The second-order valence-electron chi connectivity index (χ2n) is 3.82. The van der Waals surface area contributed by atoms with Crippen LogP contribution in [0.4, 0.5) is 4.39 Å². The van der Waals surface area contributed by atoms with Gasteiger partial charge in [0, 0.05) is 15.3 Å². The molecule has 0 saturated carbocycles. The number of hydrogen-bond acceptors (Lipinski definition) is 2. The number of rotatable bonds is 3. The molecule has 1 heterocycles. The number of nitrogens with one attached hydrogen (secondary N) is 1. The second kappa shape index (κ2) is 5.63. The molecule has 18 heavy (non-hydrogen) atoms. The highest BCUT2D eigenvalue weighted by molar-refractivity contribution is 9.10. The van der Waals surface area contributed by atoms with E-state index in [0.29, 0.717) is 16.6 Å². The predicted octanol–water partition coefficient (Wildman–Crippen LogP) is 3.89. The summed E-state index contributed by atoms with van der Waals surface area (Å²) < 4.78 is 13.6. The predicted molar refractivity (Wildman–Crippen MR) is 74.3 cm³/mol. The molecular weight excluding hydrogens is 317 g/mol. The summed E-state index contributed by atoms with van der Waals surface area (Å²) in [5.74, 6) is -0.706. The van der Waals surface area contributed by atoms with Crippen molar-refractivity contribution in [1.29, 1.82) is 0 Å². The smallest absolute Gasteiger partial charge is 0.251 e. The first-order chi connectivity index (χ1) is 8.56. The number of carbonyl (C=O) groups is 1. The highest BCUT2D eigenvalue weighted by Crippen LogP contribution is 2.17. The van der Waals surface area contributed by atoms with Crippen molar-refractivity contribution >= 4 is 33.2 Å². The molecule has 2 aromatic rings. The zero-order valence-corrected chi connectivity index (χ0v) is 12.1. The molecule has 0 unspecified atom stereocenters. The van der Waals surface area contributed by atoms with Gasteiger partial charge in [-0.05, 0) is 53.2 Å². The molecule has 94 valence electrons. The van der Waals surface area contributed by atoms with Crippen LogP contribution in [0.25, 0.3) is 0 Å². The number of amides is 1. The van der Waals surface area contributed by atoms with Gasteiger partial charge >= 0.3 is 0 Å². The first-order valence-corrected chi connectivity index (χ1v) is 6.96. The molecule has 2 nitrogen and oxygen atoms in total. The lowest BCUT2D eigenvalue weighted by Crippen LogP contribution is -2.22. The number of hydrogen-bond donors (Lipinski definition) is 1. The Hall–Kier alpha value is -1.20. The Labute approximate surface area is 117 Å². The highest BCUT2D eigenvalue weighted by Gasteiger charge is 2.08. The zero-order chi connectivity index (χ0) is 13.1. The Kier molecular flexibility index (Phi) is 4.14. The Balaban J connectivity index is 2.01. The van der Waals surface area contributed by atoms with Gasteiger partial charge in [0.15, 0.2) is 0 Å². The summed E-state index contributed by atoms with van der Waals surface area (Å²) in [5.41, 5.74) is 0.323. The molecule has 1 amide bonds. The van der Waals surface area contributed by atoms with E-state index in [4.69, 9.17) is 0 Å². The molecule has 0 atom stereocenters. The lowest BCUT2D eigenvalue weighted by atomic mass is 10.2. The number of halogens is 2. The van der Waals surface area contributed by atoms with E-state index >= 15 is 0 Å². The van der Waals surface area contributed by atoms with E-state index in [-0.39, 0.29) is 5.91 Å². The topological polar surface area (TPSA) is 29.1 Å². The van der Waals surface area contributed by atoms with Gasteiger partial charge < -0.3 is 5.32 Å². The molecule has 2 rings (SSSR count). The van der Waals surface area contributed by atoms with E-state index in [1.165, 1.54) is 17.0 Å². The molecule has 0 fully saturated rings. The quantitative estimate of drug-likeness (QED) is 0.910. The number of aryl methyl sites for hydroxylation is 1. The molecule has 0 bridgehead atoms. The Morgan fingerprint density at radius 1 is 1.39 bits per heavy atom. The van der Waals surface area contributed by atoms with Crippen LogP contribution in [0.5, 0.6) is 0 Å². The van der Waals surface area contributed by atoms with Crippen molar-refractivity contribution in [2.75, 3.05) is 0 Å². The van der Waals surface area contributed by atoms with E-state index in [9.17, 15) is 9.18 Å². The van der Waals surface area contributed by atoms with Crippen LogP contribution in [-0.4, -0.2) is 5.91 Å². The fourth-order valence-electron chi connectivity index (χ4n) is 1.49. The van der Waals surface area contributed by atoms with Crippen LogP contribution in [-0.2, 0) is 6.54 Å². The summed E-state index contributed by atoms with van der Waals surface area (Å²) in [6.45, 7) is 2.48. The average molecular weight is 328 g/mol. The van der Waals surface area contributed by atoms with Crippen LogP contribution in [0, 0.1) is 12.7 Å². The number of carbonyl (C=O) groups excluding carboxylic acids is 1. The molecule has 0 spiro atoms. The third-order valence-corrected chi connectivity index (χ3v) is 4.04. The SMILES string of the molecule is Cc1ccc(CNC(=O)c2ccc(Br)c(F)c2)s1. The Morgan fingerprint density at radius 3 is 2.78 bits per heavy atom. The van der Waals surface area contributed by atoms with Gasteiger partial charge in [-0.15, -0.1) is 11.3 Å². The average Bonchev–Trinajstić information content (AvgIpc) is 2.75. The van der Waals surface area contributed by atoms with E-state index in [1.54, 1.807) is 17.4 Å². The van der Waals surface area contributed by atoms with Crippen molar-refractivity contribution in [2.45, 2.75) is 13.5 Å². The fraction of sp³-hybridized carbons (Fsp3) is 0.154. The molecule has 0 aliphatic rings. The molecule has 0 aliphatic carbocycles. The monoisotopic (exact) mass is 327 g/mol. The van der Waals surface area contributed by atoms with Crippen molar-refractivity contribution in [3.05, 3.63) is 55.9 Å². The first kappa shape index (κ1) is 13.2. The lowest BCUT2D eigenvalue weighted by molar-refractivity contribution is 0.0951. The zero-order valence-electron chi connectivity index (χ0n) is 9.67. The van der Waals surface area contributed by atoms with Gasteiger partial charge in [-0.2, -0.15) is 0 Å². The summed E-state index contributed by atoms with van der Waals surface area (Å²) in [6.07, 6.45) is 0. The summed E-state index contributed by atoms with van der Waals surface area (Å²) in [5, 5.41) is 2.76. The van der Waals surface area contributed by atoms with Crippen LogP contribution < -0.4 is 5.32 Å². The maximum absolute atomic E-state index is 13.3. The molecule has 1 aromatic carbocycles. The van der Waals surface area contributed by atoms with Crippen LogP contribution in [0.15, 0.2) is 34.8 Å². The van der Waals surface area contributed by atoms with Crippen LogP contribution in [0.1, 0.15) is 20.1 Å². The summed E-state index contributed by atoms with van der Waals surface area (Å²) in [6, 6.07) is 8.31. The minimum atomic E-state index is -0.436. The maximum atomic E-state index is 13.3. The first-order valence-electron chi connectivity index (χ1n) is 5.35. The van der Waals surface area contributed by atoms with Gasteiger partial charge in [0.25, 0.3) is 5.91 Å². The molecule has 1 N–H and O–H groups in total. The minimum Gasteiger partial charge on any atom is -0.347 e. The number of benzene rings is 1. The molecule has 0 aliphatic heterocycles. The molecular formula is C13H11BrFNOS. The third-order valence-electron chi connectivity index (χ3n) is 2.40. The molecule has 1 aromatic heterocycles. The van der Waals surface area contributed by atoms with Crippen molar-refractivity contribution < 1.29 is 9.18 Å². The third kappa shape index (κ3) is 3.17. The largest absolute Gasteiger partial charge is 0.347 e. The van der Waals surface area contributed by atoms with E-state index in [1.807, 2.05) is 19.1 Å². The minimum absolute atomic E-state index is 0.271. The van der Waals surface area contributed by atoms with Gasteiger partial charge in [0.05, 0.1) is 11.0 Å². The van der Waals surface area contributed by atoms with E-state index in [0.717, 1.165) is 4.88 Å². The van der Waals surface area contributed by atoms with Gasteiger partial charge in [-0.1, -0.05) is 0 Å². The molecule has 0 saturated heterocycles. The van der Waals surface area contributed by atoms with Crippen LogP contribution >= 0.6 is 27.3 Å². The Bertz CT molecular complexity index is 582. The van der Waals surface area contributed by atoms with Crippen LogP contribution in [0.2, 0.25) is 0 Å². The van der Waals surface area contributed by atoms with Crippen molar-refractivity contribution in [3.63, 3.8) is 0 Å². The summed E-state index contributed by atoms with van der Waals surface area (Å²) in [4.78, 5) is 14.1. The van der Waals surface area contributed by atoms with Crippen LogP contribution in [0.3, 0.4) is 0 Å². The molecule has 0 radical (unpaired) electrons. The van der Waals surface area contributed by atoms with Crippen molar-refractivity contribution in [3.8, 4) is 0 Å². The van der Waals surface area contributed by atoms with Gasteiger partial charge in [-0.25, -0.2) is 4.39 Å². The highest BCUT2D eigenvalue weighted by atomic mass is 79.9. The summed E-state index contributed by atoms with van der Waals surface area (Å²) >= 11 is 4.69. The Morgan fingerprint density at radius 2 is 2.17 bits per heavy atom. The lowest BCUT2D eigenvalue weighted by Gasteiger charge is -2.04. The van der Waals surface area contributed by atoms with E-state index in [2.05, 4.69) is 21.2 Å². The fourth-order valence-corrected chi connectivity index (χ4v) is 2.56.